The van der Waals surface area contributed by atoms with Gasteiger partial charge in [0.25, 0.3) is 0 Å². The molecule has 2 aromatic carbocycles. The molecular weight excluding hydrogens is 313 g/mol. The van der Waals surface area contributed by atoms with E-state index in [1.54, 1.807) is 0 Å². The zero-order valence-corrected chi connectivity index (χ0v) is 14.6. The van der Waals surface area contributed by atoms with Crippen LogP contribution < -0.4 is 0 Å². The van der Waals surface area contributed by atoms with Crippen LogP contribution in [-0.4, -0.2) is 17.4 Å². The minimum Gasteiger partial charge on any atom is -0.336 e. The molecule has 25 heavy (non-hydrogen) atoms. The van der Waals surface area contributed by atoms with E-state index in [9.17, 15) is 9.18 Å². The monoisotopic (exact) mass is 337 g/mol. The van der Waals surface area contributed by atoms with Crippen LogP contribution in [0.1, 0.15) is 43.4 Å². The molecule has 1 aliphatic rings. The van der Waals surface area contributed by atoms with Gasteiger partial charge in [0, 0.05) is 18.4 Å². The van der Waals surface area contributed by atoms with Crippen LogP contribution in [0.4, 0.5) is 4.39 Å². The smallest absolute Gasteiger partial charge is 0.223 e. The molecule has 0 aliphatic carbocycles. The average Bonchev–Trinajstić information content (AvgIpc) is 2.63. The second-order valence-electron chi connectivity index (χ2n) is 6.88. The van der Waals surface area contributed by atoms with E-state index in [-0.39, 0.29) is 23.2 Å². The van der Waals surface area contributed by atoms with Crippen LogP contribution in [0.2, 0.25) is 0 Å². The van der Waals surface area contributed by atoms with Crippen molar-refractivity contribution < 1.29 is 9.18 Å². The Morgan fingerprint density at radius 2 is 1.88 bits per heavy atom. The van der Waals surface area contributed by atoms with Gasteiger partial charge in [-0.3, -0.25) is 4.79 Å². The van der Waals surface area contributed by atoms with Crippen molar-refractivity contribution in [3.05, 3.63) is 84.2 Å². The molecule has 0 saturated carbocycles. The van der Waals surface area contributed by atoms with Crippen molar-refractivity contribution in [3.63, 3.8) is 0 Å². The van der Waals surface area contributed by atoms with Gasteiger partial charge in [-0.1, -0.05) is 48.5 Å². The lowest BCUT2D eigenvalue weighted by atomic mass is 9.70. The number of carbonyl (C=O) groups is 1. The van der Waals surface area contributed by atoms with Crippen molar-refractivity contribution in [2.24, 2.45) is 0 Å². The Labute approximate surface area is 149 Å². The van der Waals surface area contributed by atoms with Gasteiger partial charge in [0.2, 0.25) is 5.91 Å². The number of amides is 1. The summed E-state index contributed by atoms with van der Waals surface area (Å²) in [5.41, 5.74) is 1.89. The highest BCUT2D eigenvalue weighted by Crippen LogP contribution is 2.41. The number of carbonyl (C=O) groups excluding carboxylic acids is 1. The number of hydrogen-bond acceptors (Lipinski definition) is 1. The molecule has 1 heterocycles. The molecule has 1 unspecified atom stereocenters. The second-order valence-corrected chi connectivity index (χ2v) is 6.88. The molecule has 0 spiro atoms. The van der Waals surface area contributed by atoms with Crippen molar-refractivity contribution in [3.8, 4) is 0 Å². The van der Waals surface area contributed by atoms with Gasteiger partial charge in [0.05, 0.1) is 6.04 Å². The van der Waals surface area contributed by atoms with Crippen LogP contribution in [0, 0.1) is 5.82 Å². The zero-order chi connectivity index (χ0) is 17.9. The van der Waals surface area contributed by atoms with E-state index < -0.39 is 0 Å². The first kappa shape index (κ1) is 17.4. The van der Waals surface area contributed by atoms with E-state index in [0.29, 0.717) is 13.0 Å². The largest absolute Gasteiger partial charge is 0.336 e. The van der Waals surface area contributed by atoms with Gasteiger partial charge in [0.1, 0.15) is 5.82 Å². The molecule has 1 aliphatic heterocycles. The molecule has 1 fully saturated rings. The Morgan fingerprint density at radius 3 is 2.48 bits per heavy atom. The quantitative estimate of drug-likeness (QED) is 0.701. The number of piperidine rings is 1. The van der Waals surface area contributed by atoms with E-state index >= 15 is 0 Å². The maximum absolute atomic E-state index is 13.3. The summed E-state index contributed by atoms with van der Waals surface area (Å²) in [7, 11) is 0. The predicted octanol–water partition coefficient (Wildman–Crippen LogP) is 5.02. The van der Waals surface area contributed by atoms with Crippen molar-refractivity contribution in [1.29, 1.82) is 0 Å². The van der Waals surface area contributed by atoms with Crippen LogP contribution >= 0.6 is 0 Å². The van der Waals surface area contributed by atoms with Crippen LogP contribution in [-0.2, 0) is 10.2 Å². The Kier molecular flexibility index (Phi) is 5.03. The summed E-state index contributed by atoms with van der Waals surface area (Å²) in [4.78, 5) is 14.9. The number of allylic oxidation sites excluding steroid dienone is 1. The zero-order valence-electron chi connectivity index (χ0n) is 14.6. The highest BCUT2D eigenvalue weighted by Gasteiger charge is 2.40. The third-order valence-corrected chi connectivity index (χ3v) is 5.38. The topological polar surface area (TPSA) is 20.3 Å². The SMILES string of the molecule is C=CCC1(c2ccc(F)cc2)CCN([C@@H](C)c2ccccc2)C(=O)C1. The minimum atomic E-state index is -0.278. The van der Waals surface area contributed by atoms with Crippen LogP contribution in [0.25, 0.3) is 0 Å². The summed E-state index contributed by atoms with van der Waals surface area (Å²) < 4.78 is 13.3. The Bertz CT molecular complexity index is 740. The molecule has 1 saturated heterocycles. The van der Waals surface area contributed by atoms with Gasteiger partial charge >= 0.3 is 0 Å². The molecular formula is C22H24FNO. The molecule has 2 aromatic rings. The number of halogens is 1. The first-order chi connectivity index (χ1) is 12.1. The number of rotatable bonds is 5. The fraction of sp³-hybridized carbons (Fsp3) is 0.318. The van der Waals surface area contributed by atoms with Crippen molar-refractivity contribution in [2.75, 3.05) is 6.54 Å². The summed E-state index contributed by atoms with van der Waals surface area (Å²) in [6, 6.07) is 16.7. The Morgan fingerprint density at radius 1 is 1.20 bits per heavy atom. The standard InChI is InChI=1S/C22H24FNO/c1-3-13-22(19-9-11-20(23)12-10-19)14-15-24(21(25)16-22)17(2)18-7-5-4-6-8-18/h3-12,17H,1,13-16H2,2H3/t17-,22?/m0/s1. The van der Waals surface area contributed by atoms with Gasteiger partial charge < -0.3 is 4.90 Å². The molecule has 0 bridgehead atoms. The van der Waals surface area contributed by atoms with E-state index in [2.05, 4.69) is 25.6 Å². The minimum absolute atomic E-state index is 0.0589. The number of likely N-dealkylation sites (tertiary alicyclic amines) is 1. The summed E-state index contributed by atoms with van der Waals surface area (Å²) in [5.74, 6) is -0.104. The first-order valence-electron chi connectivity index (χ1n) is 8.77. The van der Waals surface area contributed by atoms with Crippen LogP contribution in [0.5, 0.6) is 0 Å². The van der Waals surface area contributed by atoms with E-state index in [1.807, 2.05) is 41.3 Å². The van der Waals surface area contributed by atoms with Gasteiger partial charge in [-0.05, 0) is 43.0 Å². The first-order valence-corrected chi connectivity index (χ1v) is 8.77. The lowest BCUT2D eigenvalue weighted by Gasteiger charge is -2.43. The molecule has 2 nitrogen and oxygen atoms in total. The number of hydrogen-bond donors (Lipinski definition) is 0. The number of nitrogens with zero attached hydrogens (tertiary/aromatic N) is 1. The van der Waals surface area contributed by atoms with Gasteiger partial charge in [0.15, 0.2) is 0 Å². The highest BCUT2D eigenvalue weighted by atomic mass is 19.1. The van der Waals surface area contributed by atoms with E-state index in [4.69, 9.17) is 0 Å². The Balaban J connectivity index is 1.84. The lowest BCUT2D eigenvalue weighted by Crippen LogP contribution is -2.47. The summed E-state index contributed by atoms with van der Waals surface area (Å²) in [6.45, 7) is 6.64. The molecule has 0 aromatic heterocycles. The summed E-state index contributed by atoms with van der Waals surface area (Å²) in [5, 5.41) is 0. The van der Waals surface area contributed by atoms with Crippen LogP contribution in [0.15, 0.2) is 67.3 Å². The normalized spacial score (nSPS) is 21.8. The Hall–Kier alpha value is -2.42. The second kappa shape index (κ2) is 7.22. The maximum Gasteiger partial charge on any atom is 0.223 e. The predicted molar refractivity (Wildman–Crippen MR) is 98.7 cm³/mol. The molecule has 0 radical (unpaired) electrons. The van der Waals surface area contributed by atoms with Crippen LogP contribution in [0.3, 0.4) is 0 Å². The van der Waals surface area contributed by atoms with E-state index in [0.717, 1.165) is 24.0 Å². The molecule has 2 atom stereocenters. The van der Waals surface area contributed by atoms with Gasteiger partial charge in [-0.2, -0.15) is 0 Å². The molecule has 1 amide bonds. The molecule has 3 rings (SSSR count). The lowest BCUT2D eigenvalue weighted by molar-refractivity contribution is -0.138. The highest BCUT2D eigenvalue weighted by molar-refractivity contribution is 5.79. The fourth-order valence-electron chi connectivity index (χ4n) is 3.88. The van der Waals surface area contributed by atoms with Crippen molar-refractivity contribution in [2.45, 2.75) is 37.6 Å². The van der Waals surface area contributed by atoms with E-state index in [1.165, 1.54) is 12.1 Å². The van der Waals surface area contributed by atoms with Gasteiger partial charge in [-0.25, -0.2) is 4.39 Å². The van der Waals surface area contributed by atoms with Crippen molar-refractivity contribution in [1.82, 2.24) is 4.90 Å². The molecule has 130 valence electrons. The van der Waals surface area contributed by atoms with Crippen molar-refractivity contribution >= 4 is 5.91 Å². The third-order valence-electron chi connectivity index (χ3n) is 5.38. The molecule has 0 N–H and O–H groups in total. The summed E-state index contributed by atoms with van der Waals surface area (Å²) in [6.07, 6.45) is 3.88. The number of benzene rings is 2. The molecule has 3 heteroatoms. The summed E-state index contributed by atoms with van der Waals surface area (Å²) >= 11 is 0. The third kappa shape index (κ3) is 3.51. The maximum atomic E-state index is 13.3. The average molecular weight is 337 g/mol. The fourth-order valence-corrected chi connectivity index (χ4v) is 3.88. The van der Waals surface area contributed by atoms with Gasteiger partial charge in [-0.15, -0.1) is 6.58 Å².